The average molecular weight is 516 g/mol. The van der Waals surface area contributed by atoms with E-state index in [1.54, 1.807) is 24.3 Å². The summed E-state index contributed by atoms with van der Waals surface area (Å²) in [6.45, 7) is 3.96. The van der Waals surface area contributed by atoms with Crippen molar-refractivity contribution >= 4 is 53.0 Å². The molecule has 1 aromatic heterocycles. The SMILES string of the molecule is CN1CCCN(c2ccc(C(=O)Nc3c(O)cccc3C(=O)Nc3ccc(Cl)cn3)cc2)CC1.Cl. The van der Waals surface area contributed by atoms with Gasteiger partial charge in [-0.2, -0.15) is 0 Å². The van der Waals surface area contributed by atoms with Gasteiger partial charge in [-0.15, -0.1) is 12.4 Å². The van der Waals surface area contributed by atoms with Gasteiger partial charge in [0.05, 0.1) is 16.3 Å². The van der Waals surface area contributed by atoms with Gasteiger partial charge in [-0.3, -0.25) is 9.59 Å². The minimum atomic E-state index is -0.525. The number of pyridine rings is 1. The first-order chi connectivity index (χ1) is 16.4. The van der Waals surface area contributed by atoms with Crippen LogP contribution in [-0.4, -0.2) is 60.0 Å². The van der Waals surface area contributed by atoms with E-state index in [9.17, 15) is 14.7 Å². The number of carbonyl (C=O) groups excluding carboxylic acids is 2. The number of likely N-dealkylation sites (N-methyl/N-ethyl adjacent to an activating group) is 1. The highest BCUT2D eigenvalue weighted by Crippen LogP contribution is 2.29. The molecule has 0 bridgehead atoms. The molecule has 8 nitrogen and oxygen atoms in total. The number of carbonyl (C=O) groups is 2. The van der Waals surface area contributed by atoms with Crippen molar-refractivity contribution < 1.29 is 14.7 Å². The Balaban J connectivity index is 0.00000342. The van der Waals surface area contributed by atoms with E-state index in [4.69, 9.17) is 11.6 Å². The van der Waals surface area contributed by atoms with Gasteiger partial charge in [0.2, 0.25) is 0 Å². The van der Waals surface area contributed by atoms with Crippen molar-refractivity contribution in [3.05, 3.63) is 76.9 Å². The molecule has 0 unspecified atom stereocenters. The highest BCUT2D eigenvalue weighted by Gasteiger charge is 2.19. The van der Waals surface area contributed by atoms with Crippen LogP contribution >= 0.6 is 24.0 Å². The van der Waals surface area contributed by atoms with Gasteiger partial charge in [0.25, 0.3) is 11.8 Å². The van der Waals surface area contributed by atoms with Crippen LogP contribution in [0.15, 0.2) is 60.8 Å². The number of aromatic hydroxyl groups is 1. The van der Waals surface area contributed by atoms with Crippen LogP contribution in [-0.2, 0) is 0 Å². The smallest absolute Gasteiger partial charge is 0.259 e. The molecule has 0 aliphatic carbocycles. The maximum atomic E-state index is 12.9. The highest BCUT2D eigenvalue weighted by molar-refractivity contribution is 6.30. The van der Waals surface area contributed by atoms with Crippen LogP contribution in [0.3, 0.4) is 0 Å². The molecule has 1 fully saturated rings. The maximum Gasteiger partial charge on any atom is 0.259 e. The number of anilines is 3. The molecule has 10 heteroatoms. The summed E-state index contributed by atoms with van der Waals surface area (Å²) in [6, 6.07) is 15.0. The molecule has 35 heavy (non-hydrogen) atoms. The van der Waals surface area contributed by atoms with Crippen LogP contribution in [0, 0.1) is 0 Å². The first-order valence-electron chi connectivity index (χ1n) is 11.0. The number of amides is 2. The Morgan fingerprint density at radius 1 is 0.943 bits per heavy atom. The lowest BCUT2D eigenvalue weighted by Crippen LogP contribution is -2.28. The summed E-state index contributed by atoms with van der Waals surface area (Å²) in [7, 11) is 2.12. The van der Waals surface area contributed by atoms with Crippen LogP contribution in [0.5, 0.6) is 5.75 Å². The Morgan fingerprint density at radius 2 is 1.71 bits per heavy atom. The molecule has 2 aromatic carbocycles. The number of phenols is 1. The number of hydrogen-bond donors (Lipinski definition) is 3. The molecule has 0 radical (unpaired) electrons. The van der Waals surface area contributed by atoms with Gasteiger partial charge in [0.15, 0.2) is 0 Å². The fourth-order valence-corrected chi connectivity index (χ4v) is 3.92. The molecule has 4 rings (SSSR count). The number of rotatable bonds is 5. The molecule has 1 saturated heterocycles. The second-order valence-electron chi connectivity index (χ2n) is 8.16. The lowest BCUT2D eigenvalue weighted by atomic mass is 10.1. The molecule has 3 aromatic rings. The number of nitrogens with one attached hydrogen (secondary N) is 2. The molecule has 0 spiro atoms. The number of para-hydroxylation sites is 1. The normalized spacial score (nSPS) is 13.9. The summed E-state index contributed by atoms with van der Waals surface area (Å²) in [4.78, 5) is 34.4. The fraction of sp³-hybridized carbons (Fsp3) is 0.240. The van der Waals surface area contributed by atoms with E-state index < -0.39 is 11.8 Å². The van der Waals surface area contributed by atoms with Gasteiger partial charge >= 0.3 is 0 Å². The van der Waals surface area contributed by atoms with E-state index in [1.807, 2.05) is 12.1 Å². The minimum Gasteiger partial charge on any atom is -0.506 e. The largest absolute Gasteiger partial charge is 0.506 e. The van der Waals surface area contributed by atoms with Crippen molar-refractivity contribution in [2.75, 3.05) is 48.8 Å². The summed E-state index contributed by atoms with van der Waals surface area (Å²) in [6.07, 6.45) is 2.50. The molecule has 184 valence electrons. The van der Waals surface area contributed by atoms with Gasteiger partial charge in [-0.25, -0.2) is 4.98 Å². The second-order valence-corrected chi connectivity index (χ2v) is 8.60. The quantitative estimate of drug-likeness (QED) is 0.432. The molecule has 1 aliphatic rings. The lowest BCUT2D eigenvalue weighted by Gasteiger charge is -2.23. The predicted molar refractivity (Wildman–Crippen MR) is 141 cm³/mol. The summed E-state index contributed by atoms with van der Waals surface area (Å²) in [5.41, 5.74) is 1.61. The van der Waals surface area contributed by atoms with E-state index in [1.165, 1.54) is 24.4 Å². The van der Waals surface area contributed by atoms with Crippen molar-refractivity contribution in [2.45, 2.75) is 6.42 Å². The number of aromatic nitrogens is 1. The van der Waals surface area contributed by atoms with Crippen LogP contribution in [0.4, 0.5) is 17.2 Å². The Bertz CT molecular complexity index is 1170. The van der Waals surface area contributed by atoms with Gasteiger partial charge in [-0.1, -0.05) is 17.7 Å². The molecule has 0 saturated carbocycles. The number of halogens is 2. The molecule has 0 atom stereocenters. The Kier molecular flexibility index (Phi) is 8.92. The molecule has 1 aliphatic heterocycles. The third-order valence-electron chi connectivity index (χ3n) is 5.71. The first-order valence-corrected chi connectivity index (χ1v) is 11.4. The zero-order valence-electron chi connectivity index (χ0n) is 19.2. The number of nitrogens with zero attached hydrogens (tertiary/aromatic N) is 3. The third-order valence-corrected chi connectivity index (χ3v) is 5.93. The van der Waals surface area contributed by atoms with E-state index in [-0.39, 0.29) is 29.4 Å². The van der Waals surface area contributed by atoms with Crippen molar-refractivity contribution in [2.24, 2.45) is 0 Å². The Morgan fingerprint density at radius 3 is 2.43 bits per heavy atom. The predicted octanol–water partition coefficient (Wildman–Crippen LogP) is 4.51. The molecule has 2 heterocycles. The lowest BCUT2D eigenvalue weighted by molar-refractivity contribution is 0.102. The Labute approximate surface area is 215 Å². The molecular weight excluding hydrogens is 489 g/mol. The summed E-state index contributed by atoms with van der Waals surface area (Å²) in [5, 5.41) is 16.1. The van der Waals surface area contributed by atoms with E-state index in [0.29, 0.717) is 16.4 Å². The van der Waals surface area contributed by atoms with E-state index >= 15 is 0 Å². The van der Waals surface area contributed by atoms with Crippen molar-refractivity contribution in [1.82, 2.24) is 9.88 Å². The Hall–Kier alpha value is -3.33. The van der Waals surface area contributed by atoms with E-state index in [0.717, 1.165) is 38.3 Å². The minimum absolute atomic E-state index is 0. The molecular formula is C25H27Cl2N5O3. The van der Waals surface area contributed by atoms with Crippen molar-refractivity contribution in [3.63, 3.8) is 0 Å². The summed E-state index contributed by atoms with van der Waals surface area (Å²) in [5.74, 6) is -0.870. The summed E-state index contributed by atoms with van der Waals surface area (Å²) < 4.78 is 0. The number of benzene rings is 2. The summed E-state index contributed by atoms with van der Waals surface area (Å²) >= 11 is 5.83. The van der Waals surface area contributed by atoms with Crippen LogP contribution in [0.1, 0.15) is 27.1 Å². The van der Waals surface area contributed by atoms with Gasteiger partial charge in [-0.05, 0) is 68.5 Å². The van der Waals surface area contributed by atoms with Gasteiger partial charge in [0, 0.05) is 37.1 Å². The monoisotopic (exact) mass is 515 g/mol. The third kappa shape index (κ3) is 6.63. The topological polar surface area (TPSA) is 97.8 Å². The zero-order chi connectivity index (χ0) is 24.1. The fourth-order valence-electron chi connectivity index (χ4n) is 3.81. The zero-order valence-corrected chi connectivity index (χ0v) is 20.8. The van der Waals surface area contributed by atoms with Crippen molar-refractivity contribution in [3.8, 4) is 5.75 Å². The standard InChI is InChI=1S/C25H26ClN5O3.ClH/c1-30-12-3-13-31(15-14-30)19-9-6-17(7-10-19)24(33)29-23-20(4-2-5-21(23)32)25(34)28-22-11-8-18(26)16-27-22;/h2,4-11,16,32H,3,12-15H2,1H3,(H,29,33)(H,27,28,34);1H. The molecule has 3 N–H and O–H groups in total. The first kappa shape index (κ1) is 26.3. The number of hydrogen-bond acceptors (Lipinski definition) is 6. The van der Waals surface area contributed by atoms with Crippen LogP contribution in [0.25, 0.3) is 0 Å². The average Bonchev–Trinajstić information content (AvgIpc) is 3.06. The van der Waals surface area contributed by atoms with Crippen molar-refractivity contribution in [1.29, 1.82) is 0 Å². The number of phenolic OH excluding ortho intramolecular Hbond substituents is 1. The van der Waals surface area contributed by atoms with Crippen LogP contribution in [0.2, 0.25) is 5.02 Å². The van der Waals surface area contributed by atoms with Gasteiger partial charge < -0.3 is 25.5 Å². The second kappa shape index (κ2) is 11.9. The van der Waals surface area contributed by atoms with Gasteiger partial charge in [0.1, 0.15) is 11.6 Å². The van der Waals surface area contributed by atoms with Crippen LogP contribution < -0.4 is 15.5 Å². The highest BCUT2D eigenvalue weighted by atomic mass is 35.5. The maximum absolute atomic E-state index is 12.9. The van der Waals surface area contributed by atoms with E-state index in [2.05, 4.69) is 32.5 Å². The molecule has 2 amide bonds.